The van der Waals surface area contributed by atoms with E-state index in [1.807, 2.05) is 4.90 Å². The van der Waals surface area contributed by atoms with Crippen molar-refractivity contribution in [1.82, 2.24) is 14.8 Å². The van der Waals surface area contributed by atoms with Crippen molar-refractivity contribution < 1.29 is 19.7 Å². The summed E-state index contributed by atoms with van der Waals surface area (Å²) in [6.45, 7) is 5.04. The molecule has 3 N–H and O–H groups in total. The Morgan fingerprint density at radius 1 is 1.27 bits per heavy atom. The number of carbonyl (C=O) groups is 1. The topological polar surface area (TPSA) is 98.2 Å². The minimum absolute atomic E-state index is 0.0138. The van der Waals surface area contributed by atoms with Gasteiger partial charge in [0.25, 0.3) is 5.91 Å². The van der Waals surface area contributed by atoms with Crippen molar-refractivity contribution in [3.63, 3.8) is 0 Å². The minimum atomic E-state index is -0.828. The molecule has 1 aromatic rings. The third-order valence-electron chi connectivity index (χ3n) is 5.05. The SMILES string of the molecule is O=C(c1ccc(NCC(O)CO)nc1)N1CCC(N2CCOCC2)CC1. The molecule has 0 radical (unpaired) electrons. The maximum absolute atomic E-state index is 12.7. The van der Waals surface area contributed by atoms with Crippen molar-refractivity contribution in [2.75, 3.05) is 57.9 Å². The van der Waals surface area contributed by atoms with Crippen molar-refractivity contribution >= 4 is 11.7 Å². The maximum Gasteiger partial charge on any atom is 0.255 e. The van der Waals surface area contributed by atoms with Gasteiger partial charge in [-0.2, -0.15) is 0 Å². The van der Waals surface area contributed by atoms with Crippen LogP contribution in [0.15, 0.2) is 18.3 Å². The van der Waals surface area contributed by atoms with E-state index >= 15 is 0 Å². The second-order valence-corrected chi connectivity index (χ2v) is 6.82. The molecule has 3 rings (SSSR count). The highest BCUT2D eigenvalue weighted by molar-refractivity contribution is 5.94. The van der Waals surface area contributed by atoms with Gasteiger partial charge in [-0.15, -0.1) is 0 Å². The van der Waals surface area contributed by atoms with Crippen LogP contribution in [-0.2, 0) is 4.74 Å². The lowest BCUT2D eigenvalue weighted by molar-refractivity contribution is 0.00158. The number of piperidine rings is 1. The molecule has 1 atom stereocenters. The summed E-state index contributed by atoms with van der Waals surface area (Å²) in [5, 5.41) is 21.1. The van der Waals surface area contributed by atoms with Gasteiger partial charge in [-0.25, -0.2) is 4.98 Å². The molecule has 8 nitrogen and oxygen atoms in total. The number of amides is 1. The van der Waals surface area contributed by atoms with Gasteiger partial charge >= 0.3 is 0 Å². The Morgan fingerprint density at radius 3 is 2.62 bits per heavy atom. The van der Waals surface area contributed by atoms with Crippen molar-refractivity contribution in [3.05, 3.63) is 23.9 Å². The molecular formula is C18H28N4O4. The number of nitrogens with zero attached hydrogens (tertiary/aromatic N) is 3. The first-order valence-corrected chi connectivity index (χ1v) is 9.27. The standard InChI is InChI=1S/C18H28N4O4/c23-13-16(24)12-20-17-2-1-14(11-19-17)18(25)22-5-3-15(4-6-22)21-7-9-26-10-8-21/h1-2,11,15-16,23-24H,3-10,12-13H2,(H,19,20). The second-order valence-electron chi connectivity index (χ2n) is 6.82. The average Bonchev–Trinajstić information content (AvgIpc) is 2.72. The van der Waals surface area contributed by atoms with Gasteiger partial charge in [0.05, 0.1) is 31.5 Å². The molecule has 1 amide bonds. The quantitative estimate of drug-likeness (QED) is 0.642. The van der Waals surface area contributed by atoms with Gasteiger partial charge in [-0.05, 0) is 25.0 Å². The van der Waals surface area contributed by atoms with Gasteiger partial charge in [0.2, 0.25) is 0 Å². The summed E-state index contributed by atoms with van der Waals surface area (Å²) in [4.78, 5) is 21.3. The van der Waals surface area contributed by atoms with E-state index in [9.17, 15) is 9.90 Å². The number of anilines is 1. The number of hydrogen-bond acceptors (Lipinski definition) is 7. The van der Waals surface area contributed by atoms with Gasteiger partial charge in [0.1, 0.15) is 5.82 Å². The second kappa shape index (κ2) is 9.27. The first kappa shape index (κ1) is 19.0. The van der Waals surface area contributed by atoms with E-state index in [0.717, 1.165) is 52.2 Å². The highest BCUT2D eigenvalue weighted by Crippen LogP contribution is 2.19. The minimum Gasteiger partial charge on any atom is -0.394 e. The Bertz CT molecular complexity index is 569. The number of ether oxygens (including phenoxy) is 1. The summed E-state index contributed by atoms with van der Waals surface area (Å²) >= 11 is 0. The third-order valence-corrected chi connectivity index (χ3v) is 5.05. The summed E-state index contributed by atoms with van der Waals surface area (Å²) in [6, 6.07) is 4.01. The molecule has 2 saturated heterocycles. The lowest BCUT2D eigenvalue weighted by Gasteiger charge is -2.40. The summed E-state index contributed by atoms with van der Waals surface area (Å²) in [5.41, 5.74) is 0.572. The largest absolute Gasteiger partial charge is 0.394 e. The molecule has 3 heterocycles. The van der Waals surface area contributed by atoms with E-state index in [1.165, 1.54) is 0 Å². The molecule has 0 saturated carbocycles. The molecule has 0 aliphatic carbocycles. The van der Waals surface area contributed by atoms with Crippen molar-refractivity contribution in [1.29, 1.82) is 0 Å². The number of likely N-dealkylation sites (tertiary alicyclic amines) is 1. The smallest absolute Gasteiger partial charge is 0.255 e. The zero-order valence-electron chi connectivity index (χ0n) is 15.0. The van der Waals surface area contributed by atoms with E-state index in [4.69, 9.17) is 9.84 Å². The van der Waals surface area contributed by atoms with E-state index < -0.39 is 6.10 Å². The van der Waals surface area contributed by atoms with E-state index in [2.05, 4.69) is 15.2 Å². The molecular weight excluding hydrogens is 336 g/mol. The molecule has 26 heavy (non-hydrogen) atoms. The zero-order valence-corrected chi connectivity index (χ0v) is 15.0. The molecule has 0 aromatic carbocycles. The zero-order chi connectivity index (χ0) is 18.4. The number of hydrogen-bond donors (Lipinski definition) is 3. The third kappa shape index (κ3) is 4.91. The fraction of sp³-hybridized carbons (Fsp3) is 0.667. The fourth-order valence-corrected chi connectivity index (χ4v) is 3.47. The number of rotatable bonds is 6. The van der Waals surface area contributed by atoms with Crippen LogP contribution < -0.4 is 5.32 Å². The maximum atomic E-state index is 12.7. The predicted molar refractivity (Wildman–Crippen MR) is 97.1 cm³/mol. The highest BCUT2D eigenvalue weighted by atomic mass is 16.5. The van der Waals surface area contributed by atoms with Gasteiger partial charge in [0, 0.05) is 45.0 Å². The summed E-state index contributed by atoms with van der Waals surface area (Å²) < 4.78 is 5.41. The summed E-state index contributed by atoms with van der Waals surface area (Å²) in [5.74, 6) is 0.583. The van der Waals surface area contributed by atoms with Gasteiger partial charge in [-0.1, -0.05) is 0 Å². The van der Waals surface area contributed by atoms with Crippen LogP contribution in [0.4, 0.5) is 5.82 Å². The van der Waals surface area contributed by atoms with E-state index in [-0.39, 0.29) is 19.1 Å². The van der Waals surface area contributed by atoms with Crippen LogP contribution >= 0.6 is 0 Å². The lowest BCUT2D eigenvalue weighted by atomic mass is 10.0. The molecule has 0 spiro atoms. The Labute approximate surface area is 153 Å². The van der Waals surface area contributed by atoms with Gasteiger partial charge in [-0.3, -0.25) is 9.69 Å². The van der Waals surface area contributed by atoms with Gasteiger partial charge in [0.15, 0.2) is 0 Å². The van der Waals surface area contributed by atoms with Crippen LogP contribution in [0.1, 0.15) is 23.2 Å². The first-order chi connectivity index (χ1) is 12.7. The summed E-state index contributed by atoms with van der Waals surface area (Å²) in [7, 11) is 0. The molecule has 1 unspecified atom stereocenters. The monoisotopic (exact) mass is 364 g/mol. The van der Waals surface area contributed by atoms with Crippen LogP contribution in [0.5, 0.6) is 0 Å². The number of aliphatic hydroxyl groups excluding tert-OH is 2. The van der Waals surface area contributed by atoms with Crippen LogP contribution in [0.3, 0.4) is 0 Å². The van der Waals surface area contributed by atoms with Crippen LogP contribution in [0, 0.1) is 0 Å². The Kier molecular flexibility index (Phi) is 6.79. The summed E-state index contributed by atoms with van der Waals surface area (Å²) in [6.07, 6.45) is 2.73. The average molecular weight is 364 g/mol. The number of morpholine rings is 1. The predicted octanol–water partition coefficient (Wildman–Crippen LogP) is -0.216. The Hall–Kier alpha value is -1.74. The Balaban J connectivity index is 1.48. The molecule has 2 aliphatic heterocycles. The molecule has 0 bridgehead atoms. The number of pyridine rings is 1. The normalized spacial score (nSPS) is 20.8. The molecule has 2 aliphatic rings. The number of aliphatic hydroxyl groups is 2. The van der Waals surface area contributed by atoms with Gasteiger partial charge < -0.3 is 25.2 Å². The van der Waals surface area contributed by atoms with Crippen molar-refractivity contribution in [3.8, 4) is 0 Å². The number of aromatic nitrogens is 1. The number of carbonyl (C=O) groups excluding carboxylic acids is 1. The van der Waals surface area contributed by atoms with E-state index in [1.54, 1.807) is 18.3 Å². The number of nitrogens with one attached hydrogen (secondary N) is 1. The Morgan fingerprint density at radius 2 is 2.00 bits per heavy atom. The van der Waals surface area contributed by atoms with Crippen LogP contribution in [0.25, 0.3) is 0 Å². The fourth-order valence-electron chi connectivity index (χ4n) is 3.47. The molecule has 8 heteroatoms. The van der Waals surface area contributed by atoms with Crippen LogP contribution in [-0.4, -0.2) is 95.6 Å². The molecule has 1 aromatic heterocycles. The first-order valence-electron chi connectivity index (χ1n) is 9.27. The van der Waals surface area contributed by atoms with Crippen LogP contribution in [0.2, 0.25) is 0 Å². The van der Waals surface area contributed by atoms with E-state index in [0.29, 0.717) is 17.4 Å². The molecule has 2 fully saturated rings. The lowest BCUT2D eigenvalue weighted by Crippen LogP contribution is -2.50. The van der Waals surface area contributed by atoms with Crippen molar-refractivity contribution in [2.24, 2.45) is 0 Å². The highest BCUT2D eigenvalue weighted by Gasteiger charge is 2.28. The van der Waals surface area contributed by atoms with Crippen molar-refractivity contribution in [2.45, 2.75) is 25.0 Å². The molecule has 144 valence electrons.